The molecule has 1 saturated heterocycles. The van der Waals surface area contributed by atoms with E-state index in [-0.39, 0.29) is 6.03 Å². The highest BCUT2D eigenvalue weighted by atomic mass is 16.2. The molecule has 150 valence electrons. The fourth-order valence-electron chi connectivity index (χ4n) is 4.08. The molecule has 2 aliphatic rings. The Balaban J connectivity index is 1.32. The van der Waals surface area contributed by atoms with Crippen LogP contribution in [0.5, 0.6) is 0 Å². The van der Waals surface area contributed by atoms with E-state index in [0.717, 1.165) is 23.6 Å². The number of carbonyl (C=O) groups excluding carboxylic acids is 1. The SMILES string of the molecule is Cc1cc(NC(=O)NCc2cccc(CN3CCCC3)c2)n([C@@H](C)C2CC2)n1. The Morgan fingerprint density at radius 3 is 2.71 bits per heavy atom. The van der Waals surface area contributed by atoms with Crippen molar-refractivity contribution in [2.75, 3.05) is 18.4 Å². The standard InChI is InChI=1S/C22H31N5O/c1-16-12-21(27(25-16)17(2)20-8-9-20)24-22(28)23-14-18-6-5-7-19(13-18)15-26-10-3-4-11-26/h5-7,12-13,17,20H,3-4,8-11,14-15H2,1-2H3,(H2,23,24,28)/t17-/m0/s1. The van der Waals surface area contributed by atoms with E-state index in [1.54, 1.807) is 0 Å². The number of aromatic nitrogens is 2. The van der Waals surface area contributed by atoms with Gasteiger partial charge in [0.2, 0.25) is 0 Å². The molecule has 1 aromatic carbocycles. The van der Waals surface area contributed by atoms with Gasteiger partial charge < -0.3 is 5.32 Å². The van der Waals surface area contributed by atoms with Crippen molar-refractivity contribution in [2.45, 2.75) is 58.7 Å². The fraction of sp³-hybridized carbons (Fsp3) is 0.545. The summed E-state index contributed by atoms with van der Waals surface area (Å²) in [5.41, 5.74) is 3.37. The van der Waals surface area contributed by atoms with Gasteiger partial charge >= 0.3 is 6.03 Å². The van der Waals surface area contributed by atoms with E-state index in [2.05, 4.69) is 51.8 Å². The Hall–Kier alpha value is -2.34. The molecular weight excluding hydrogens is 350 g/mol. The second-order valence-corrected chi connectivity index (χ2v) is 8.30. The molecule has 1 aromatic heterocycles. The molecule has 2 N–H and O–H groups in total. The minimum atomic E-state index is -0.186. The van der Waals surface area contributed by atoms with Gasteiger partial charge in [0.1, 0.15) is 5.82 Å². The first-order valence-corrected chi connectivity index (χ1v) is 10.5. The first kappa shape index (κ1) is 19.0. The van der Waals surface area contributed by atoms with Gasteiger partial charge in [0.05, 0.1) is 11.7 Å². The molecular formula is C22H31N5O. The second-order valence-electron chi connectivity index (χ2n) is 8.30. The zero-order chi connectivity index (χ0) is 19.5. The lowest BCUT2D eigenvalue weighted by molar-refractivity contribution is 0.251. The summed E-state index contributed by atoms with van der Waals surface area (Å²) in [6.07, 6.45) is 5.10. The molecule has 2 heterocycles. The quantitative estimate of drug-likeness (QED) is 0.760. The summed E-state index contributed by atoms with van der Waals surface area (Å²) in [5, 5.41) is 10.5. The highest BCUT2D eigenvalue weighted by Gasteiger charge is 2.31. The summed E-state index contributed by atoms with van der Waals surface area (Å²) in [6, 6.07) is 10.6. The van der Waals surface area contributed by atoms with E-state index in [4.69, 9.17) is 0 Å². The lowest BCUT2D eigenvalue weighted by Crippen LogP contribution is -2.29. The summed E-state index contributed by atoms with van der Waals surface area (Å²) in [5.74, 6) is 1.46. The molecule has 1 atom stereocenters. The van der Waals surface area contributed by atoms with Gasteiger partial charge in [-0.25, -0.2) is 9.48 Å². The Bertz CT molecular complexity index is 820. The van der Waals surface area contributed by atoms with Crippen LogP contribution in [0.3, 0.4) is 0 Å². The van der Waals surface area contributed by atoms with Crippen LogP contribution < -0.4 is 10.6 Å². The number of hydrogen-bond acceptors (Lipinski definition) is 3. The number of carbonyl (C=O) groups is 1. The van der Waals surface area contributed by atoms with Crippen LogP contribution in [-0.2, 0) is 13.1 Å². The van der Waals surface area contributed by atoms with Gasteiger partial charge in [-0.15, -0.1) is 0 Å². The summed E-state index contributed by atoms with van der Waals surface area (Å²) >= 11 is 0. The average molecular weight is 382 g/mol. The van der Waals surface area contributed by atoms with Crippen molar-refractivity contribution in [3.63, 3.8) is 0 Å². The van der Waals surface area contributed by atoms with Crippen LogP contribution in [-0.4, -0.2) is 33.8 Å². The molecule has 6 heteroatoms. The number of anilines is 1. The number of likely N-dealkylation sites (tertiary alicyclic amines) is 1. The van der Waals surface area contributed by atoms with Crippen molar-refractivity contribution in [3.8, 4) is 0 Å². The molecule has 4 rings (SSSR count). The number of urea groups is 1. The Labute approximate surface area is 167 Å². The molecule has 1 saturated carbocycles. The van der Waals surface area contributed by atoms with E-state index in [9.17, 15) is 4.79 Å². The largest absolute Gasteiger partial charge is 0.334 e. The first-order valence-electron chi connectivity index (χ1n) is 10.5. The summed E-state index contributed by atoms with van der Waals surface area (Å²) in [4.78, 5) is 14.9. The summed E-state index contributed by atoms with van der Waals surface area (Å²) < 4.78 is 1.96. The third-order valence-electron chi connectivity index (χ3n) is 5.84. The van der Waals surface area contributed by atoms with E-state index in [0.29, 0.717) is 18.5 Å². The van der Waals surface area contributed by atoms with Crippen molar-refractivity contribution in [1.82, 2.24) is 20.0 Å². The maximum absolute atomic E-state index is 12.4. The number of nitrogens with one attached hydrogen (secondary N) is 2. The molecule has 1 aliphatic carbocycles. The zero-order valence-electron chi connectivity index (χ0n) is 16.9. The van der Waals surface area contributed by atoms with Gasteiger partial charge in [0.15, 0.2) is 0 Å². The van der Waals surface area contributed by atoms with Crippen LogP contribution >= 0.6 is 0 Å². The third kappa shape index (κ3) is 4.73. The van der Waals surface area contributed by atoms with Gasteiger partial charge in [-0.05, 0) is 69.7 Å². The predicted octanol–water partition coefficient (Wildman–Crippen LogP) is 4.08. The molecule has 0 radical (unpaired) electrons. The molecule has 2 fully saturated rings. The van der Waals surface area contributed by atoms with E-state index in [1.165, 1.54) is 44.3 Å². The van der Waals surface area contributed by atoms with Crippen LogP contribution in [0.1, 0.15) is 55.5 Å². The molecule has 6 nitrogen and oxygen atoms in total. The number of amides is 2. The van der Waals surface area contributed by atoms with Crippen LogP contribution in [0.25, 0.3) is 0 Å². The Morgan fingerprint density at radius 2 is 1.96 bits per heavy atom. The van der Waals surface area contributed by atoms with Gasteiger partial charge in [-0.2, -0.15) is 5.10 Å². The molecule has 2 aromatic rings. The molecule has 0 unspecified atom stereocenters. The smallest absolute Gasteiger partial charge is 0.320 e. The lowest BCUT2D eigenvalue weighted by atomic mass is 10.1. The van der Waals surface area contributed by atoms with Crippen LogP contribution in [0, 0.1) is 12.8 Å². The summed E-state index contributed by atoms with van der Waals surface area (Å²) in [6.45, 7) is 8.04. The van der Waals surface area contributed by atoms with Gasteiger partial charge in [0, 0.05) is 19.2 Å². The minimum absolute atomic E-state index is 0.186. The maximum atomic E-state index is 12.4. The second kappa shape index (κ2) is 8.35. The normalized spacial score (nSPS) is 18.2. The topological polar surface area (TPSA) is 62.2 Å². The average Bonchev–Trinajstić information content (AvgIpc) is 3.29. The van der Waals surface area contributed by atoms with Crippen molar-refractivity contribution < 1.29 is 4.79 Å². The minimum Gasteiger partial charge on any atom is -0.334 e. The van der Waals surface area contributed by atoms with Crippen molar-refractivity contribution in [1.29, 1.82) is 0 Å². The van der Waals surface area contributed by atoms with Crippen molar-refractivity contribution in [2.24, 2.45) is 5.92 Å². The Morgan fingerprint density at radius 1 is 1.21 bits per heavy atom. The van der Waals surface area contributed by atoms with Gasteiger partial charge in [-0.1, -0.05) is 24.3 Å². The van der Waals surface area contributed by atoms with Crippen molar-refractivity contribution >= 4 is 11.8 Å². The number of hydrogen-bond donors (Lipinski definition) is 2. The van der Waals surface area contributed by atoms with Gasteiger partial charge in [-0.3, -0.25) is 10.2 Å². The van der Waals surface area contributed by atoms with Gasteiger partial charge in [0.25, 0.3) is 0 Å². The zero-order valence-corrected chi connectivity index (χ0v) is 16.9. The van der Waals surface area contributed by atoms with Crippen molar-refractivity contribution in [3.05, 3.63) is 47.2 Å². The molecule has 2 amide bonds. The van der Waals surface area contributed by atoms with E-state index >= 15 is 0 Å². The highest BCUT2D eigenvalue weighted by molar-refractivity contribution is 5.88. The van der Waals surface area contributed by atoms with E-state index < -0.39 is 0 Å². The fourth-order valence-corrected chi connectivity index (χ4v) is 4.08. The number of nitrogens with zero attached hydrogens (tertiary/aromatic N) is 3. The molecule has 28 heavy (non-hydrogen) atoms. The number of rotatable bonds is 7. The van der Waals surface area contributed by atoms with Crippen LogP contribution in [0.15, 0.2) is 30.3 Å². The van der Waals surface area contributed by atoms with Crippen LogP contribution in [0.4, 0.5) is 10.6 Å². The Kier molecular flexibility index (Phi) is 5.67. The predicted molar refractivity (Wildman–Crippen MR) is 111 cm³/mol. The molecule has 1 aliphatic heterocycles. The highest BCUT2D eigenvalue weighted by Crippen LogP contribution is 2.40. The first-order chi connectivity index (χ1) is 13.6. The summed E-state index contributed by atoms with van der Waals surface area (Å²) in [7, 11) is 0. The maximum Gasteiger partial charge on any atom is 0.320 e. The van der Waals surface area contributed by atoms with Crippen LogP contribution in [0.2, 0.25) is 0 Å². The molecule has 0 bridgehead atoms. The third-order valence-corrected chi connectivity index (χ3v) is 5.84. The molecule has 0 spiro atoms. The van der Waals surface area contributed by atoms with E-state index in [1.807, 2.05) is 17.7 Å². The number of benzene rings is 1. The monoisotopic (exact) mass is 381 g/mol. The number of aryl methyl sites for hydroxylation is 1. The lowest BCUT2D eigenvalue weighted by Gasteiger charge is -2.16.